The quantitative estimate of drug-likeness (QED) is 0.744. The molecular formula is C21H18O5. The first kappa shape index (κ1) is 16.3. The summed E-state index contributed by atoms with van der Waals surface area (Å²) in [5, 5.41) is 10.7. The molecule has 0 aliphatic carbocycles. The highest BCUT2D eigenvalue weighted by atomic mass is 16.5. The number of hydrogen-bond donors (Lipinski definition) is 1. The van der Waals surface area contributed by atoms with Crippen LogP contribution >= 0.6 is 0 Å². The smallest absolute Gasteiger partial charge is 0.204 e. The topological polar surface area (TPSA) is 68.9 Å². The summed E-state index contributed by atoms with van der Waals surface area (Å²) in [5.41, 5.74) is 0.705. The van der Waals surface area contributed by atoms with Gasteiger partial charge in [-0.25, -0.2) is 0 Å². The Labute approximate surface area is 150 Å². The first-order valence-corrected chi connectivity index (χ1v) is 8.26. The Kier molecular flexibility index (Phi) is 3.54. The number of benzene rings is 2. The van der Waals surface area contributed by atoms with Gasteiger partial charge in [-0.3, -0.25) is 4.79 Å². The number of fused-ring (bicyclic) bond motifs is 3. The average molecular weight is 350 g/mol. The fourth-order valence-electron chi connectivity index (χ4n) is 3.12. The lowest BCUT2D eigenvalue weighted by Gasteiger charge is -2.29. The second-order valence-corrected chi connectivity index (χ2v) is 6.71. The third kappa shape index (κ3) is 2.44. The summed E-state index contributed by atoms with van der Waals surface area (Å²) >= 11 is 0. The van der Waals surface area contributed by atoms with Crippen LogP contribution in [0, 0.1) is 0 Å². The maximum Gasteiger partial charge on any atom is 0.204 e. The number of rotatable bonds is 2. The lowest BCUT2D eigenvalue weighted by molar-refractivity contribution is 0.151. The molecule has 2 heterocycles. The summed E-state index contributed by atoms with van der Waals surface area (Å²) < 4.78 is 17.3. The first-order valence-electron chi connectivity index (χ1n) is 8.26. The molecule has 0 atom stereocenters. The molecule has 0 amide bonds. The van der Waals surface area contributed by atoms with E-state index in [0.29, 0.717) is 17.1 Å². The van der Waals surface area contributed by atoms with Gasteiger partial charge in [0.25, 0.3) is 0 Å². The molecule has 0 fully saturated rings. The summed E-state index contributed by atoms with van der Waals surface area (Å²) in [5.74, 6) is 0.636. The molecule has 0 radical (unpaired) electrons. The summed E-state index contributed by atoms with van der Waals surface area (Å²) in [6.45, 7) is 3.79. The van der Waals surface area contributed by atoms with Crippen LogP contribution in [0.1, 0.15) is 19.4 Å². The summed E-state index contributed by atoms with van der Waals surface area (Å²) in [4.78, 5) is 12.7. The van der Waals surface area contributed by atoms with E-state index in [9.17, 15) is 9.90 Å². The van der Waals surface area contributed by atoms with Crippen molar-refractivity contribution in [1.82, 2.24) is 0 Å². The van der Waals surface area contributed by atoms with Crippen LogP contribution in [0.25, 0.3) is 28.4 Å². The highest BCUT2D eigenvalue weighted by Crippen LogP contribution is 2.49. The molecule has 3 aromatic rings. The lowest BCUT2D eigenvalue weighted by atomic mass is 9.99. The maximum absolute atomic E-state index is 12.7. The SMILES string of the molecule is COc1c2c(c3oc(-c4ccccc4)cc(=O)c3c1O)C=CC(C)(C)O2. The number of phenolic OH excluding ortho intramolecular Hbond substituents is 1. The van der Waals surface area contributed by atoms with Gasteiger partial charge in [0.2, 0.25) is 5.75 Å². The number of ether oxygens (including phenoxy) is 2. The van der Waals surface area contributed by atoms with Crippen LogP contribution in [0.5, 0.6) is 17.2 Å². The van der Waals surface area contributed by atoms with E-state index in [0.717, 1.165) is 5.56 Å². The number of hydrogen-bond acceptors (Lipinski definition) is 5. The van der Waals surface area contributed by atoms with Crippen molar-refractivity contribution in [2.45, 2.75) is 19.4 Å². The van der Waals surface area contributed by atoms with E-state index in [2.05, 4.69) is 0 Å². The van der Waals surface area contributed by atoms with Gasteiger partial charge >= 0.3 is 0 Å². The van der Waals surface area contributed by atoms with Gasteiger partial charge in [-0.1, -0.05) is 30.3 Å². The molecule has 2 aromatic carbocycles. The zero-order chi connectivity index (χ0) is 18.5. The molecule has 5 heteroatoms. The molecule has 4 rings (SSSR count). The predicted octanol–water partition coefficient (Wildman–Crippen LogP) is 4.36. The average Bonchev–Trinajstić information content (AvgIpc) is 2.61. The Hall–Kier alpha value is -3.21. The van der Waals surface area contributed by atoms with E-state index >= 15 is 0 Å². The monoisotopic (exact) mass is 350 g/mol. The molecule has 0 bridgehead atoms. The largest absolute Gasteiger partial charge is 0.504 e. The van der Waals surface area contributed by atoms with E-state index in [1.165, 1.54) is 13.2 Å². The molecule has 1 aromatic heterocycles. The highest BCUT2D eigenvalue weighted by Gasteiger charge is 2.31. The van der Waals surface area contributed by atoms with Crippen molar-refractivity contribution in [3.05, 3.63) is 58.3 Å². The van der Waals surface area contributed by atoms with Crippen LogP contribution in [0.2, 0.25) is 0 Å². The minimum Gasteiger partial charge on any atom is -0.504 e. The zero-order valence-corrected chi connectivity index (χ0v) is 14.7. The number of aromatic hydroxyl groups is 1. The van der Waals surface area contributed by atoms with E-state index in [-0.39, 0.29) is 27.9 Å². The van der Waals surface area contributed by atoms with Crippen LogP contribution in [-0.4, -0.2) is 17.8 Å². The molecule has 0 saturated carbocycles. The minimum absolute atomic E-state index is 0.0771. The van der Waals surface area contributed by atoms with Gasteiger partial charge in [0, 0.05) is 11.6 Å². The number of methoxy groups -OCH3 is 1. The second kappa shape index (κ2) is 5.66. The van der Waals surface area contributed by atoms with Crippen LogP contribution in [0.15, 0.2) is 51.7 Å². The summed E-state index contributed by atoms with van der Waals surface area (Å²) in [7, 11) is 1.43. The third-order valence-electron chi connectivity index (χ3n) is 4.37. The molecule has 0 saturated heterocycles. The van der Waals surface area contributed by atoms with Gasteiger partial charge < -0.3 is 19.0 Å². The van der Waals surface area contributed by atoms with Crippen molar-refractivity contribution in [3.8, 4) is 28.6 Å². The highest BCUT2D eigenvalue weighted by molar-refractivity contribution is 5.97. The Bertz CT molecular complexity index is 1090. The Morgan fingerprint density at radius 1 is 1.15 bits per heavy atom. The van der Waals surface area contributed by atoms with Crippen molar-refractivity contribution in [2.24, 2.45) is 0 Å². The van der Waals surface area contributed by atoms with Crippen molar-refractivity contribution in [3.63, 3.8) is 0 Å². The molecule has 1 N–H and O–H groups in total. The van der Waals surface area contributed by atoms with Gasteiger partial charge in [0.1, 0.15) is 16.7 Å². The van der Waals surface area contributed by atoms with Gasteiger partial charge in [0.15, 0.2) is 22.5 Å². The first-order chi connectivity index (χ1) is 12.4. The van der Waals surface area contributed by atoms with Crippen molar-refractivity contribution in [1.29, 1.82) is 0 Å². The third-order valence-corrected chi connectivity index (χ3v) is 4.37. The summed E-state index contributed by atoms with van der Waals surface area (Å²) in [6, 6.07) is 10.7. The Balaban J connectivity index is 2.10. The molecular weight excluding hydrogens is 332 g/mol. The molecule has 0 spiro atoms. The summed E-state index contributed by atoms with van der Waals surface area (Å²) in [6.07, 6.45) is 3.71. The van der Waals surface area contributed by atoms with Gasteiger partial charge in [-0.15, -0.1) is 0 Å². The van der Waals surface area contributed by atoms with Gasteiger partial charge in [-0.05, 0) is 26.0 Å². The van der Waals surface area contributed by atoms with Crippen LogP contribution in [-0.2, 0) is 0 Å². The predicted molar refractivity (Wildman–Crippen MR) is 99.9 cm³/mol. The van der Waals surface area contributed by atoms with E-state index in [4.69, 9.17) is 13.9 Å². The molecule has 0 unspecified atom stereocenters. The van der Waals surface area contributed by atoms with Crippen LogP contribution < -0.4 is 14.9 Å². The molecule has 1 aliphatic rings. The van der Waals surface area contributed by atoms with E-state index < -0.39 is 5.60 Å². The molecule has 132 valence electrons. The standard InChI is InChI=1S/C21H18O5/c1-21(2)10-9-13-18-16(17(23)20(24-3)19(13)26-21)14(22)11-15(25-18)12-7-5-4-6-8-12/h4-11,23H,1-3H3. The minimum atomic E-state index is -0.572. The fraction of sp³-hybridized carbons (Fsp3) is 0.190. The van der Waals surface area contributed by atoms with Crippen LogP contribution in [0.3, 0.4) is 0 Å². The van der Waals surface area contributed by atoms with E-state index in [1.54, 1.807) is 0 Å². The molecule has 5 nitrogen and oxygen atoms in total. The van der Waals surface area contributed by atoms with E-state index in [1.807, 2.05) is 56.3 Å². The fourth-order valence-corrected chi connectivity index (χ4v) is 3.12. The second-order valence-electron chi connectivity index (χ2n) is 6.71. The molecule has 26 heavy (non-hydrogen) atoms. The van der Waals surface area contributed by atoms with Crippen molar-refractivity contribution >= 4 is 17.0 Å². The number of phenols is 1. The zero-order valence-electron chi connectivity index (χ0n) is 14.7. The normalized spacial score (nSPS) is 14.7. The van der Waals surface area contributed by atoms with Crippen molar-refractivity contribution < 1.29 is 19.0 Å². The van der Waals surface area contributed by atoms with Gasteiger partial charge in [-0.2, -0.15) is 0 Å². The Morgan fingerprint density at radius 2 is 1.88 bits per heavy atom. The molecule has 1 aliphatic heterocycles. The lowest BCUT2D eigenvalue weighted by Crippen LogP contribution is -2.28. The Morgan fingerprint density at radius 3 is 2.58 bits per heavy atom. The maximum atomic E-state index is 12.7. The van der Waals surface area contributed by atoms with Crippen molar-refractivity contribution in [2.75, 3.05) is 7.11 Å². The van der Waals surface area contributed by atoms with Crippen LogP contribution in [0.4, 0.5) is 0 Å². The van der Waals surface area contributed by atoms with Gasteiger partial charge in [0.05, 0.1) is 12.7 Å².